The zero-order valence-corrected chi connectivity index (χ0v) is 17.6. The standard InChI is InChI=1S/C23H18N2O8/c1-31-22(27)15-5-10-18(11-6-15)33-20-12-7-16(23(28)32-2)13-19(20)24-21(26)14-3-8-17(9-4-14)25(29)30/h3-13H,1-2H3,(H,24,26). The van der Waals surface area contributed by atoms with Crippen LogP contribution in [0.4, 0.5) is 11.4 Å². The van der Waals surface area contributed by atoms with Gasteiger partial charge in [0.15, 0.2) is 5.75 Å². The lowest BCUT2D eigenvalue weighted by Gasteiger charge is -2.14. The molecule has 0 bridgehead atoms. The summed E-state index contributed by atoms with van der Waals surface area (Å²) in [7, 11) is 2.50. The van der Waals surface area contributed by atoms with E-state index in [2.05, 4.69) is 10.1 Å². The molecule has 0 spiro atoms. The van der Waals surface area contributed by atoms with E-state index in [-0.39, 0.29) is 28.3 Å². The van der Waals surface area contributed by atoms with Crippen LogP contribution < -0.4 is 10.1 Å². The van der Waals surface area contributed by atoms with Crippen molar-refractivity contribution in [1.82, 2.24) is 0 Å². The van der Waals surface area contributed by atoms with Gasteiger partial charge in [0, 0.05) is 17.7 Å². The van der Waals surface area contributed by atoms with Crippen molar-refractivity contribution in [1.29, 1.82) is 0 Å². The molecule has 0 unspecified atom stereocenters. The van der Waals surface area contributed by atoms with Crippen LogP contribution in [0.3, 0.4) is 0 Å². The number of nitrogens with one attached hydrogen (secondary N) is 1. The fraction of sp³-hybridized carbons (Fsp3) is 0.0870. The summed E-state index contributed by atoms with van der Waals surface area (Å²) in [6.45, 7) is 0. The van der Waals surface area contributed by atoms with E-state index in [1.165, 1.54) is 68.8 Å². The Morgan fingerprint density at radius 1 is 0.788 bits per heavy atom. The first-order chi connectivity index (χ1) is 15.8. The fourth-order valence-corrected chi connectivity index (χ4v) is 2.79. The zero-order chi connectivity index (χ0) is 24.0. The molecule has 0 radical (unpaired) electrons. The van der Waals surface area contributed by atoms with Gasteiger partial charge in [-0.1, -0.05) is 0 Å². The molecule has 3 aromatic carbocycles. The average Bonchev–Trinajstić information content (AvgIpc) is 2.84. The number of ether oxygens (including phenoxy) is 3. The number of anilines is 1. The Labute approximate surface area is 187 Å². The Bertz CT molecular complexity index is 1200. The second kappa shape index (κ2) is 10.1. The summed E-state index contributed by atoms with van der Waals surface area (Å²) in [4.78, 5) is 46.5. The van der Waals surface area contributed by atoms with Crippen LogP contribution in [0.5, 0.6) is 11.5 Å². The molecule has 10 heteroatoms. The van der Waals surface area contributed by atoms with Gasteiger partial charge in [0.2, 0.25) is 0 Å². The molecular weight excluding hydrogens is 432 g/mol. The largest absolute Gasteiger partial charge is 0.465 e. The lowest BCUT2D eigenvalue weighted by Crippen LogP contribution is -2.13. The summed E-state index contributed by atoms with van der Waals surface area (Å²) < 4.78 is 15.2. The molecule has 0 aliphatic rings. The Morgan fingerprint density at radius 2 is 1.33 bits per heavy atom. The third-order valence-electron chi connectivity index (χ3n) is 4.49. The first kappa shape index (κ1) is 22.9. The maximum Gasteiger partial charge on any atom is 0.337 e. The van der Waals surface area contributed by atoms with Crippen molar-refractivity contribution in [2.24, 2.45) is 0 Å². The number of amides is 1. The number of carbonyl (C=O) groups excluding carboxylic acids is 3. The number of nitro benzene ring substituents is 1. The maximum atomic E-state index is 12.7. The Hall–Kier alpha value is -4.73. The van der Waals surface area contributed by atoms with E-state index < -0.39 is 22.8 Å². The number of rotatable bonds is 7. The van der Waals surface area contributed by atoms with Crippen molar-refractivity contribution in [3.63, 3.8) is 0 Å². The molecule has 1 N–H and O–H groups in total. The summed E-state index contributed by atoms with van der Waals surface area (Å²) in [5, 5.41) is 13.5. The molecule has 3 aromatic rings. The van der Waals surface area contributed by atoms with Crippen LogP contribution in [-0.2, 0) is 9.47 Å². The second-order valence-corrected chi connectivity index (χ2v) is 6.58. The first-order valence-electron chi connectivity index (χ1n) is 9.46. The molecule has 0 atom stereocenters. The Kier molecular flexibility index (Phi) is 6.99. The molecular formula is C23H18N2O8. The highest BCUT2D eigenvalue weighted by atomic mass is 16.6. The van der Waals surface area contributed by atoms with E-state index in [9.17, 15) is 24.5 Å². The maximum absolute atomic E-state index is 12.7. The van der Waals surface area contributed by atoms with Crippen LogP contribution in [0.1, 0.15) is 31.1 Å². The van der Waals surface area contributed by atoms with Crippen LogP contribution in [0.15, 0.2) is 66.7 Å². The monoisotopic (exact) mass is 450 g/mol. The number of benzene rings is 3. The van der Waals surface area contributed by atoms with Crippen molar-refractivity contribution in [3.05, 3.63) is 93.5 Å². The summed E-state index contributed by atoms with van der Waals surface area (Å²) in [5.74, 6) is -1.12. The van der Waals surface area contributed by atoms with Gasteiger partial charge >= 0.3 is 11.9 Å². The van der Waals surface area contributed by atoms with Crippen molar-refractivity contribution in [2.45, 2.75) is 0 Å². The fourth-order valence-electron chi connectivity index (χ4n) is 2.79. The highest BCUT2D eigenvalue weighted by Crippen LogP contribution is 2.31. The van der Waals surface area contributed by atoms with Gasteiger partial charge in [0.05, 0.1) is 36.0 Å². The minimum absolute atomic E-state index is 0.154. The molecule has 33 heavy (non-hydrogen) atoms. The van der Waals surface area contributed by atoms with Crippen LogP contribution in [0, 0.1) is 10.1 Å². The molecule has 0 saturated heterocycles. The third-order valence-corrected chi connectivity index (χ3v) is 4.49. The molecule has 0 saturated carbocycles. The van der Waals surface area contributed by atoms with Gasteiger partial charge in [-0.15, -0.1) is 0 Å². The summed E-state index contributed by atoms with van der Waals surface area (Å²) in [6, 6.07) is 15.5. The minimum Gasteiger partial charge on any atom is -0.465 e. The van der Waals surface area contributed by atoms with Crippen LogP contribution >= 0.6 is 0 Å². The molecule has 0 fully saturated rings. The number of esters is 2. The number of nitrogens with zero attached hydrogens (tertiary/aromatic N) is 1. The molecule has 10 nitrogen and oxygen atoms in total. The number of carbonyl (C=O) groups is 3. The van der Waals surface area contributed by atoms with E-state index in [1.54, 1.807) is 12.1 Å². The predicted molar refractivity (Wildman–Crippen MR) is 117 cm³/mol. The number of methoxy groups -OCH3 is 2. The van der Waals surface area contributed by atoms with E-state index >= 15 is 0 Å². The summed E-state index contributed by atoms with van der Waals surface area (Å²) in [5.41, 5.74) is 0.678. The first-order valence-corrected chi connectivity index (χ1v) is 9.46. The number of hydrogen-bond acceptors (Lipinski definition) is 8. The van der Waals surface area contributed by atoms with Crippen molar-refractivity contribution >= 4 is 29.2 Å². The van der Waals surface area contributed by atoms with Gasteiger partial charge in [-0.2, -0.15) is 0 Å². The highest BCUT2D eigenvalue weighted by molar-refractivity contribution is 6.06. The molecule has 1 amide bonds. The van der Waals surface area contributed by atoms with Gasteiger partial charge in [0.1, 0.15) is 5.75 Å². The topological polar surface area (TPSA) is 134 Å². The van der Waals surface area contributed by atoms with E-state index in [0.717, 1.165) is 0 Å². The average molecular weight is 450 g/mol. The normalized spacial score (nSPS) is 10.1. The van der Waals surface area contributed by atoms with Gasteiger partial charge in [-0.3, -0.25) is 14.9 Å². The van der Waals surface area contributed by atoms with Crippen LogP contribution in [-0.4, -0.2) is 37.0 Å². The third kappa shape index (κ3) is 5.50. The van der Waals surface area contributed by atoms with Gasteiger partial charge in [0.25, 0.3) is 11.6 Å². The number of nitro groups is 1. The van der Waals surface area contributed by atoms with Gasteiger partial charge in [-0.25, -0.2) is 9.59 Å². The van der Waals surface area contributed by atoms with Crippen molar-refractivity contribution < 1.29 is 33.5 Å². The molecule has 3 rings (SSSR count). The Balaban J connectivity index is 1.89. The number of hydrogen-bond donors (Lipinski definition) is 1. The Morgan fingerprint density at radius 3 is 1.91 bits per heavy atom. The lowest BCUT2D eigenvalue weighted by molar-refractivity contribution is -0.384. The van der Waals surface area contributed by atoms with E-state index in [4.69, 9.17) is 9.47 Å². The SMILES string of the molecule is COC(=O)c1ccc(Oc2ccc(C(=O)OC)cc2NC(=O)c2ccc([N+](=O)[O-])cc2)cc1. The molecule has 0 aliphatic heterocycles. The van der Waals surface area contributed by atoms with Crippen molar-refractivity contribution in [3.8, 4) is 11.5 Å². The quantitative estimate of drug-likeness (QED) is 0.321. The number of non-ortho nitro benzene ring substituents is 1. The highest BCUT2D eigenvalue weighted by Gasteiger charge is 2.16. The zero-order valence-electron chi connectivity index (χ0n) is 17.6. The lowest BCUT2D eigenvalue weighted by atomic mass is 10.1. The minimum atomic E-state index is -0.616. The van der Waals surface area contributed by atoms with Gasteiger partial charge in [-0.05, 0) is 54.6 Å². The smallest absolute Gasteiger partial charge is 0.337 e. The molecule has 0 aromatic heterocycles. The molecule has 168 valence electrons. The second-order valence-electron chi connectivity index (χ2n) is 6.58. The molecule has 0 aliphatic carbocycles. The van der Waals surface area contributed by atoms with E-state index in [0.29, 0.717) is 11.3 Å². The van der Waals surface area contributed by atoms with Crippen molar-refractivity contribution in [2.75, 3.05) is 19.5 Å². The molecule has 0 heterocycles. The van der Waals surface area contributed by atoms with Crippen LogP contribution in [0.2, 0.25) is 0 Å². The van der Waals surface area contributed by atoms with E-state index in [1.807, 2.05) is 0 Å². The predicted octanol–water partition coefficient (Wildman–Crippen LogP) is 4.21. The van der Waals surface area contributed by atoms with Gasteiger partial charge < -0.3 is 19.5 Å². The summed E-state index contributed by atoms with van der Waals surface area (Å²) in [6.07, 6.45) is 0. The summed E-state index contributed by atoms with van der Waals surface area (Å²) >= 11 is 0. The van der Waals surface area contributed by atoms with Crippen LogP contribution in [0.25, 0.3) is 0 Å².